The molecule has 0 saturated heterocycles. The van der Waals surface area contributed by atoms with Gasteiger partial charge >= 0.3 is 0 Å². The van der Waals surface area contributed by atoms with Gasteiger partial charge in [0.1, 0.15) is 0 Å². The Morgan fingerprint density at radius 2 is 1.29 bits per heavy atom. The van der Waals surface area contributed by atoms with Crippen molar-refractivity contribution in [1.82, 2.24) is 4.90 Å². The van der Waals surface area contributed by atoms with Gasteiger partial charge in [-0.15, -0.1) is 0 Å². The molecular weight excluding hydrogens is 170 g/mol. The van der Waals surface area contributed by atoms with E-state index in [1.807, 2.05) is 0 Å². The predicted octanol–water partition coefficient (Wildman–Crippen LogP) is 3.54. The van der Waals surface area contributed by atoms with Crippen LogP contribution >= 0.6 is 0 Å². The van der Waals surface area contributed by atoms with Crippen LogP contribution in [0.2, 0.25) is 0 Å². The maximum absolute atomic E-state index is 2.68. The third-order valence-corrected chi connectivity index (χ3v) is 3.71. The van der Waals surface area contributed by atoms with Crippen LogP contribution in [0.1, 0.15) is 54.4 Å². The van der Waals surface area contributed by atoms with Crippen LogP contribution in [0.15, 0.2) is 0 Å². The second kappa shape index (κ2) is 4.65. The third-order valence-electron chi connectivity index (χ3n) is 3.71. The lowest BCUT2D eigenvalue weighted by Crippen LogP contribution is -2.52. The molecule has 14 heavy (non-hydrogen) atoms. The zero-order chi connectivity index (χ0) is 10.9. The van der Waals surface area contributed by atoms with Crippen LogP contribution in [-0.2, 0) is 0 Å². The van der Waals surface area contributed by atoms with Crippen LogP contribution in [0.4, 0.5) is 0 Å². The Balaban J connectivity index is 2.43. The highest BCUT2D eigenvalue weighted by Crippen LogP contribution is 2.38. The highest BCUT2D eigenvalue weighted by atomic mass is 15.2. The summed E-state index contributed by atoms with van der Waals surface area (Å²) >= 11 is 0. The molecule has 0 atom stereocenters. The fourth-order valence-corrected chi connectivity index (χ4v) is 2.86. The minimum Gasteiger partial charge on any atom is -0.296 e. The largest absolute Gasteiger partial charge is 0.296 e. The Bertz CT molecular complexity index is 158. The minimum absolute atomic E-state index is 0.702. The zero-order valence-electron chi connectivity index (χ0n) is 10.7. The van der Waals surface area contributed by atoms with Gasteiger partial charge in [0.25, 0.3) is 0 Å². The first-order valence-corrected chi connectivity index (χ1v) is 6.21. The van der Waals surface area contributed by atoms with E-state index >= 15 is 0 Å². The van der Waals surface area contributed by atoms with Crippen LogP contribution in [-0.4, -0.2) is 23.0 Å². The molecule has 0 aromatic rings. The Labute approximate surface area is 89.9 Å². The van der Waals surface area contributed by atoms with Crippen LogP contribution < -0.4 is 0 Å². The van der Waals surface area contributed by atoms with Gasteiger partial charge in [0.05, 0.1) is 0 Å². The summed E-state index contributed by atoms with van der Waals surface area (Å²) in [5, 5.41) is 0. The summed E-state index contributed by atoms with van der Waals surface area (Å²) in [6.07, 6.45) is 2.85. The van der Waals surface area contributed by atoms with E-state index < -0.39 is 0 Å². The standard InChI is InChI=1S/C13H27N/c1-9(2)12-7-13(8-12)14(10(3)4)11(5)6/h9-13H,7-8H2,1-6H3. The molecule has 0 unspecified atom stereocenters. The van der Waals surface area contributed by atoms with E-state index in [-0.39, 0.29) is 0 Å². The highest BCUT2D eigenvalue weighted by molar-refractivity contribution is 4.90. The Morgan fingerprint density at radius 1 is 0.857 bits per heavy atom. The van der Waals surface area contributed by atoms with Crippen molar-refractivity contribution in [1.29, 1.82) is 0 Å². The van der Waals surface area contributed by atoms with Gasteiger partial charge in [-0.2, -0.15) is 0 Å². The molecule has 1 aliphatic carbocycles. The summed E-state index contributed by atoms with van der Waals surface area (Å²) in [5.74, 6) is 1.87. The molecule has 1 saturated carbocycles. The molecule has 1 heteroatoms. The van der Waals surface area contributed by atoms with Crippen molar-refractivity contribution >= 4 is 0 Å². The lowest BCUT2D eigenvalue weighted by atomic mass is 9.72. The van der Waals surface area contributed by atoms with Crippen LogP contribution in [0.3, 0.4) is 0 Å². The van der Waals surface area contributed by atoms with Crippen LogP contribution in [0, 0.1) is 11.8 Å². The normalized spacial score (nSPS) is 27.9. The van der Waals surface area contributed by atoms with Gasteiger partial charge in [-0.1, -0.05) is 13.8 Å². The van der Waals surface area contributed by atoms with E-state index in [4.69, 9.17) is 0 Å². The van der Waals surface area contributed by atoms with Crippen LogP contribution in [0.25, 0.3) is 0 Å². The lowest BCUT2D eigenvalue weighted by molar-refractivity contribution is 0.0126. The molecule has 0 heterocycles. The van der Waals surface area contributed by atoms with Gasteiger partial charge in [0.2, 0.25) is 0 Å². The summed E-state index contributed by atoms with van der Waals surface area (Å²) in [7, 11) is 0. The maximum atomic E-state index is 2.68. The molecule has 84 valence electrons. The van der Waals surface area contributed by atoms with Crippen molar-refractivity contribution in [2.24, 2.45) is 11.8 Å². The quantitative estimate of drug-likeness (QED) is 0.666. The molecular formula is C13H27N. The second-order valence-electron chi connectivity index (χ2n) is 5.76. The summed E-state index contributed by atoms with van der Waals surface area (Å²) in [5.41, 5.74) is 0. The fraction of sp³-hybridized carbons (Fsp3) is 1.00. The molecule has 0 radical (unpaired) electrons. The molecule has 1 nitrogen and oxygen atoms in total. The molecule has 0 N–H and O–H groups in total. The Hall–Kier alpha value is -0.0400. The number of hydrogen-bond donors (Lipinski definition) is 0. The SMILES string of the molecule is CC(C)C1CC(N(C(C)C)C(C)C)C1. The fourth-order valence-electron chi connectivity index (χ4n) is 2.86. The van der Waals surface area contributed by atoms with Crippen molar-refractivity contribution in [3.05, 3.63) is 0 Å². The first-order chi connectivity index (χ1) is 6.43. The molecule has 0 bridgehead atoms. The van der Waals surface area contributed by atoms with E-state index in [2.05, 4.69) is 46.4 Å². The minimum atomic E-state index is 0.702. The second-order valence-corrected chi connectivity index (χ2v) is 5.76. The van der Waals surface area contributed by atoms with Gasteiger partial charge in [0.15, 0.2) is 0 Å². The molecule has 1 rings (SSSR count). The summed E-state index contributed by atoms with van der Waals surface area (Å²) in [6, 6.07) is 2.27. The van der Waals surface area contributed by atoms with E-state index in [0.29, 0.717) is 12.1 Å². The van der Waals surface area contributed by atoms with Gasteiger partial charge in [-0.25, -0.2) is 0 Å². The summed E-state index contributed by atoms with van der Waals surface area (Å²) in [4.78, 5) is 2.68. The average molecular weight is 197 g/mol. The number of rotatable bonds is 4. The van der Waals surface area contributed by atoms with Crippen molar-refractivity contribution in [2.75, 3.05) is 0 Å². The van der Waals surface area contributed by atoms with Crippen LogP contribution in [0.5, 0.6) is 0 Å². The number of nitrogens with zero attached hydrogens (tertiary/aromatic N) is 1. The molecule has 0 spiro atoms. The summed E-state index contributed by atoms with van der Waals surface area (Å²) in [6.45, 7) is 14.0. The molecule has 0 aromatic carbocycles. The molecule has 0 aliphatic heterocycles. The highest BCUT2D eigenvalue weighted by Gasteiger charge is 2.36. The topological polar surface area (TPSA) is 3.24 Å². The monoisotopic (exact) mass is 197 g/mol. The number of hydrogen-bond acceptors (Lipinski definition) is 1. The van der Waals surface area contributed by atoms with E-state index in [1.54, 1.807) is 0 Å². The summed E-state index contributed by atoms with van der Waals surface area (Å²) < 4.78 is 0. The smallest absolute Gasteiger partial charge is 0.0106 e. The van der Waals surface area contributed by atoms with Crippen molar-refractivity contribution in [3.63, 3.8) is 0 Å². The average Bonchev–Trinajstić information content (AvgIpc) is 1.92. The van der Waals surface area contributed by atoms with Crippen molar-refractivity contribution < 1.29 is 0 Å². The van der Waals surface area contributed by atoms with Gasteiger partial charge < -0.3 is 0 Å². The molecule has 1 aliphatic rings. The molecule has 0 aromatic heterocycles. The zero-order valence-corrected chi connectivity index (χ0v) is 10.7. The van der Waals surface area contributed by atoms with E-state index in [0.717, 1.165) is 17.9 Å². The van der Waals surface area contributed by atoms with Crippen molar-refractivity contribution in [3.8, 4) is 0 Å². The Kier molecular flexibility index (Phi) is 4.00. The third kappa shape index (κ3) is 2.50. The van der Waals surface area contributed by atoms with Gasteiger partial charge in [-0.3, -0.25) is 4.90 Å². The first-order valence-electron chi connectivity index (χ1n) is 6.21. The van der Waals surface area contributed by atoms with Gasteiger partial charge in [0, 0.05) is 18.1 Å². The first kappa shape index (κ1) is 12.0. The van der Waals surface area contributed by atoms with Crippen molar-refractivity contribution in [2.45, 2.75) is 72.5 Å². The predicted molar refractivity (Wildman–Crippen MR) is 63.5 cm³/mol. The van der Waals surface area contributed by atoms with E-state index in [9.17, 15) is 0 Å². The Morgan fingerprint density at radius 3 is 1.57 bits per heavy atom. The maximum Gasteiger partial charge on any atom is 0.0106 e. The van der Waals surface area contributed by atoms with Gasteiger partial charge in [-0.05, 0) is 52.4 Å². The van der Waals surface area contributed by atoms with E-state index in [1.165, 1.54) is 12.8 Å². The lowest BCUT2D eigenvalue weighted by Gasteiger charge is -2.48. The molecule has 1 fully saturated rings. The molecule has 0 amide bonds.